The van der Waals surface area contributed by atoms with Gasteiger partial charge in [-0.2, -0.15) is 0 Å². The Bertz CT molecular complexity index is 441. The van der Waals surface area contributed by atoms with E-state index < -0.39 is 0 Å². The van der Waals surface area contributed by atoms with Gasteiger partial charge in [-0.15, -0.1) is 0 Å². The number of ether oxygens (including phenoxy) is 2. The highest BCUT2D eigenvalue weighted by atomic mass is 16.5. The molecule has 1 heterocycles. The number of methoxy groups -OCH3 is 2. The van der Waals surface area contributed by atoms with Crippen LogP contribution in [0.25, 0.3) is 0 Å². The Labute approximate surface area is 114 Å². The molecule has 0 aliphatic rings. The minimum Gasteiger partial charge on any atom is -0.384 e. The Morgan fingerprint density at radius 1 is 1.32 bits per heavy atom. The zero-order valence-corrected chi connectivity index (χ0v) is 12.2. The summed E-state index contributed by atoms with van der Waals surface area (Å²) >= 11 is 0. The van der Waals surface area contributed by atoms with Crippen LogP contribution in [0.1, 0.15) is 20.3 Å². The van der Waals surface area contributed by atoms with Gasteiger partial charge in [0, 0.05) is 39.6 Å². The fraction of sp³-hybridized carbons (Fsp3) is 0.643. The van der Waals surface area contributed by atoms with Gasteiger partial charge in [0.2, 0.25) is 0 Å². The molecule has 0 saturated heterocycles. The summed E-state index contributed by atoms with van der Waals surface area (Å²) in [5.74, 6) is 0. The summed E-state index contributed by atoms with van der Waals surface area (Å²) in [7, 11) is 3.34. The number of pyridine rings is 1. The number of nitrogens with one attached hydrogen (secondary N) is 1. The van der Waals surface area contributed by atoms with Crippen LogP contribution in [-0.2, 0) is 16.0 Å². The van der Waals surface area contributed by atoms with Crippen LogP contribution in [0.2, 0.25) is 0 Å². The highest BCUT2D eigenvalue weighted by Gasteiger charge is 2.15. The number of hydrogen-bond donors (Lipinski definition) is 1. The summed E-state index contributed by atoms with van der Waals surface area (Å²) in [5.41, 5.74) is 0.778. The third-order valence-electron chi connectivity index (χ3n) is 3.13. The zero-order valence-electron chi connectivity index (χ0n) is 12.2. The second-order valence-corrected chi connectivity index (χ2v) is 5.08. The Balaban J connectivity index is 2.57. The lowest BCUT2D eigenvalue weighted by Crippen LogP contribution is -2.26. The van der Waals surface area contributed by atoms with Gasteiger partial charge in [0.1, 0.15) is 0 Å². The number of aromatic nitrogens is 1. The average Bonchev–Trinajstić information content (AvgIpc) is 2.39. The fourth-order valence-corrected chi connectivity index (χ4v) is 1.61. The summed E-state index contributed by atoms with van der Waals surface area (Å²) in [6, 6.07) is 3.37. The van der Waals surface area contributed by atoms with Crippen LogP contribution in [0, 0.1) is 0 Å². The fourth-order valence-electron chi connectivity index (χ4n) is 1.61. The Morgan fingerprint density at radius 2 is 2.05 bits per heavy atom. The minimum atomic E-state index is -0.141. The van der Waals surface area contributed by atoms with Crippen LogP contribution >= 0.6 is 0 Å². The Hall–Kier alpha value is -1.33. The van der Waals surface area contributed by atoms with E-state index in [9.17, 15) is 4.79 Å². The molecule has 0 radical (unpaired) electrons. The van der Waals surface area contributed by atoms with Crippen molar-refractivity contribution in [1.29, 1.82) is 0 Å². The van der Waals surface area contributed by atoms with Gasteiger partial charge in [0.05, 0.1) is 17.9 Å². The van der Waals surface area contributed by atoms with E-state index >= 15 is 0 Å². The number of anilines is 1. The molecule has 0 bridgehead atoms. The molecule has 1 aromatic heterocycles. The molecule has 0 fully saturated rings. The number of rotatable bonds is 8. The molecular weight excluding hydrogens is 244 g/mol. The van der Waals surface area contributed by atoms with Gasteiger partial charge in [-0.1, -0.05) is 0 Å². The monoisotopic (exact) mass is 268 g/mol. The van der Waals surface area contributed by atoms with Crippen molar-refractivity contribution < 1.29 is 9.47 Å². The normalized spacial score (nSPS) is 11.6. The first-order valence-corrected chi connectivity index (χ1v) is 6.47. The molecule has 5 heteroatoms. The summed E-state index contributed by atoms with van der Waals surface area (Å²) in [6.45, 7) is 5.99. The molecule has 0 aliphatic heterocycles. The van der Waals surface area contributed by atoms with Crippen LogP contribution in [0.15, 0.2) is 23.1 Å². The maximum absolute atomic E-state index is 11.6. The summed E-state index contributed by atoms with van der Waals surface area (Å²) < 4.78 is 12.0. The van der Waals surface area contributed by atoms with Crippen molar-refractivity contribution in [2.75, 3.05) is 32.7 Å². The molecule has 0 amide bonds. The third kappa shape index (κ3) is 5.44. The lowest BCUT2D eigenvalue weighted by molar-refractivity contribution is 0.0185. The van der Waals surface area contributed by atoms with E-state index in [1.807, 2.05) is 20.0 Å². The first-order valence-electron chi connectivity index (χ1n) is 6.47. The molecule has 0 atom stereocenters. The molecule has 0 aromatic carbocycles. The quantitative estimate of drug-likeness (QED) is 0.780. The molecule has 5 nitrogen and oxygen atoms in total. The summed E-state index contributed by atoms with van der Waals surface area (Å²) in [5, 5.41) is 3.30. The van der Waals surface area contributed by atoms with E-state index in [0.717, 1.165) is 18.7 Å². The van der Waals surface area contributed by atoms with Gasteiger partial charge >= 0.3 is 0 Å². The Morgan fingerprint density at radius 3 is 2.68 bits per heavy atom. The average molecular weight is 268 g/mol. The van der Waals surface area contributed by atoms with E-state index in [1.54, 1.807) is 30.9 Å². The van der Waals surface area contributed by atoms with Gasteiger partial charge in [0.15, 0.2) is 0 Å². The van der Waals surface area contributed by atoms with Gasteiger partial charge in [-0.05, 0) is 26.3 Å². The number of hydrogen-bond acceptors (Lipinski definition) is 4. The SMILES string of the molecule is COCCn1cc(NCCC(C)(C)OC)ccc1=O. The molecule has 1 N–H and O–H groups in total. The van der Waals surface area contributed by atoms with Gasteiger partial charge < -0.3 is 19.4 Å². The smallest absolute Gasteiger partial charge is 0.250 e. The zero-order chi connectivity index (χ0) is 14.3. The van der Waals surface area contributed by atoms with Crippen LogP contribution < -0.4 is 10.9 Å². The van der Waals surface area contributed by atoms with E-state index in [4.69, 9.17) is 9.47 Å². The maximum Gasteiger partial charge on any atom is 0.250 e. The Kier molecular flexibility index (Phi) is 6.05. The van der Waals surface area contributed by atoms with Crippen molar-refractivity contribution in [3.05, 3.63) is 28.7 Å². The molecule has 19 heavy (non-hydrogen) atoms. The first kappa shape index (κ1) is 15.7. The molecule has 0 unspecified atom stereocenters. The standard InChI is InChI=1S/C14H24N2O3/c1-14(2,19-4)7-8-15-12-5-6-13(17)16(11-12)9-10-18-3/h5-6,11,15H,7-10H2,1-4H3. The third-order valence-corrected chi connectivity index (χ3v) is 3.13. The van der Waals surface area contributed by atoms with Crippen molar-refractivity contribution >= 4 is 5.69 Å². The molecule has 0 spiro atoms. The lowest BCUT2D eigenvalue weighted by atomic mass is 10.1. The van der Waals surface area contributed by atoms with Crippen LogP contribution in [0.3, 0.4) is 0 Å². The summed E-state index contributed by atoms with van der Waals surface area (Å²) in [6.07, 6.45) is 2.71. The largest absolute Gasteiger partial charge is 0.384 e. The van der Waals surface area contributed by atoms with E-state index in [0.29, 0.717) is 13.2 Å². The van der Waals surface area contributed by atoms with Crippen molar-refractivity contribution in [2.24, 2.45) is 0 Å². The van der Waals surface area contributed by atoms with Crippen molar-refractivity contribution in [3.8, 4) is 0 Å². The summed E-state index contributed by atoms with van der Waals surface area (Å²) in [4.78, 5) is 11.6. The maximum atomic E-state index is 11.6. The molecule has 1 aromatic rings. The van der Waals surface area contributed by atoms with Crippen LogP contribution in [-0.4, -0.2) is 37.5 Å². The molecular formula is C14H24N2O3. The second-order valence-electron chi connectivity index (χ2n) is 5.08. The highest BCUT2D eigenvalue weighted by molar-refractivity contribution is 5.40. The molecule has 0 saturated carbocycles. The molecule has 0 aliphatic carbocycles. The predicted octanol–water partition coefficient (Wildman–Crippen LogP) is 1.72. The molecule has 108 valence electrons. The lowest BCUT2D eigenvalue weighted by Gasteiger charge is -2.23. The van der Waals surface area contributed by atoms with Crippen molar-refractivity contribution in [1.82, 2.24) is 4.57 Å². The van der Waals surface area contributed by atoms with Crippen molar-refractivity contribution in [2.45, 2.75) is 32.4 Å². The van der Waals surface area contributed by atoms with Gasteiger partial charge in [-0.25, -0.2) is 0 Å². The van der Waals surface area contributed by atoms with Gasteiger partial charge in [0.25, 0.3) is 5.56 Å². The topological polar surface area (TPSA) is 52.5 Å². The van der Waals surface area contributed by atoms with Crippen LogP contribution in [0.5, 0.6) is 0 Å². The minimum absolute atomic E-state index is 0.0141. The second kappa shape index (κ2) is 7.31. The van der Waals surface area contributed by atoms with E-state index in [-0.39, 0.29) is 11.2 Å². The number of nitrogens with zero attached hydrogens (tertiary/aromatic N) is 1. The van der Waals surface area contributed by atoms with E-state index in [1.165, 1.54) is 0 Å². The van der Waals surface area contributed by atoms with E-state index in [2.05, 4.69) is 5.32 Å². The van der Waals surface area contributed by atoms with Gasteiger partial charge in [-0.3, -0.25) is 4.79 Å². The highest BCUT2D eigenvalue weighted by Crippen LogP contribution is 2.13. The predicted molar refractivity (Wildman–Crippen MR) is 76.8 cm³/mol. The molecule has 1 rings (SSSR count). The van der Waals surface area contributed by atoms with Crippen LogP contribution in [0.4, 0.5) is 5.69 Å². The first-order chi connectivity index (χ1) is 8.98. The van der Waals surface area contributed by atoms with Crippen molar-refractivity contribution in [3.63, 3.8) is 0 Å².